The highest BCUT2D eigenvalue weighted by molar-refractivity contribution is 5.72. The molecule has 0 aliphatic rings. The molecule has 0 amide bonds. The molecule has 110 valence electrons. The fraction of sp³-hybridized carbons (Fsp3) is 0.538. The van der Waals surface area contributed by atoms with Crippen molar-refractivity contribution in [3.05, 3.63) is 28.4 Å². The van der Waals surface area contributed by atoms with E-state index in [1.54, 1.807) is 0 Å². The molecule has 7 nitrogen and oxygen atoms in total. The van der Waals surface area contributed by atoms with E-state index in [4.69, 9.17) is 4.74 Å². The molecule has 20 heavy (non-hydrogen) atoms. The molecule has 0 aliphatic carbocycles. The molecule has 0 aliphatic heterocycles. The van der Waals surface area contributed by atoms with Crippen LogP contribution in [0.2, 0.25) is 0 Å². The van der Waals surface area contributed by atoms with Crippen molar-refractivity contribution in [1.82, 2.24) is 4.98 Å². The van der Waals surface area contributed by atoms with Crippen LogP contribution in [0.5, 0.6) is 0 Å². The average Bonchev–Trinajstić information content (AvgIpc) is 2.45. The molecule has 1 aromatic heterocycles. The number of aromatic nitrogens is 1. The third-order valence-electron chi connectivity index (χ3n) is 2.93. The highest BCUT2D eigenvalue weighted by Gasteiger charge is 2.15. The highest BCUT2D eigenvalue weighted by atomic mass is 16.6. The predicted molar refractivity (Wildman–Crippen MR) is 74.4 cm³/mol. The van der Waals surface area contributed by atoms with E-state index in [2.05, 4.69) is 10.3 Å². The first kappa shape index (κ1) is 15.9. The van der Waals surface area contributed by atoms with Crippen molar-refractivity contribution in [1.29, 1.82) is 0 Å². The largest absolute Gasteiger partial charge is 0.464 e. The van der Waals surface area contributed by atoms with E-state index in [0.29, 0.717) is 12.4 Å². The first-order valence-electron chi connectivity index (χ1n) is 6.59. The summed E-state index contributed by atoms with van der Waals surface area (Å²) in [5.74, 6) is 0.273. The minimum absolute atomic E-state index is 0.0486. The Kier molecular flexibility index (Phi) is 6.42. The molecule has 0 saturated heterocycles. The molecule has 0 spiro atoms. The number of carbonyl (C=O) groups excluding carboxylic acids is 1. The number of nitro groups is 1. The second-order valence-electron chi connectivity index (χ2n) is 4.27. The van der Waals surface area contributed by atoms with E-state index >= 15 is 0 Å². The van der Waals surface area contributed by atoms with Gasteiger partial charge in [-0.1, -0.05) is 13.8 Å². The summed E-state index contributed by atoms with van der Waals surface area (Å²) in [4.78, 5) is 25.4. The van der Waals surface area contributed by atoms with E-state index < -0.39 is 4.92 Å². The summed E-state index contributed by atoms with van der Waals surface area (Å²) in [6, 6.07) is 2.88. The van der Waals surface area contributed by atoms with E-state index in [1.807, 2.05) is 13.8 Å². The zero-order valence-corrected chi connectivity index (χ0v) is 11.7. The highest BCUT2D eigenvalue weighted by Crippen LogP contribution is 2.12. The van der Waals surface area contributed by atoms with Crippen LogP contribution in [0.4, 0.5) is 11.5 Å². The monoisotopic (exact) mass is 281 g/mol. The van der Waals surface area contributed by atoms with E-state index in [0.717, 1.165) is 12.8 Å². The molecule has 1 heterocycles. The van der Waals surface area contributed by atoms with Gasteiger partial charge in [0.1, 0.15) is 18.6 Å². The van der Waals surface area contributed by atoms with Crippen LogP contribution in [-0.2, 0) is 9.53 Å². The van der Waals surface area contributed by atoms with Crippen LogP contribution in [0.1, 0.15) is 26.7 Å². The van der Waals surface area contributed by atoms with Gasteiger partial charge < -0.3 is 10.1 Å². The third kappa shape index (κ3) is 4.83. The van der Waals surface area contributed by atoms with Crippen LogP contribution in [0.15, 0.2) is 18.3 Å². The second kappa shape index (κ2) is 8.08. The number of hydrogen-bond acceptors (Lipinski definition) is 6. The maximum Gasteiger partial charge on any atom is 0.308 e. The Hall–Kier alpha value is -2.18. The number of rotatable bonds is 8. The Morgan fingerprint density at radius 2 is 2.15 bits per heavy atom. The van der Waals surface area contributed by atoms with Crippen LogP contribution < -0.4 is 5.32 Å². The van der Waals surface area contributed by atoms with Crippen molar-refractivity contribution in [2.75, 3.05) is 18.5 Å². The third-order valence-corrected chi connectivity index (χ3v) is 2.93. The molecule has 0 unspecified atom stereocenters. The number of ether oxygens (including phenoxy) is 1. The number of anilines is 1. The van der Waals surface area contributed by atoms with Gasteiger partial charge in [-0.15, -0.1) is 0 Å². The molecule has 1 aromatic rings. The van der Waals surface area contributed by atoms with Crippen LogP contribution in [0.25, 0.3) is 0 Å². The van der Waals surface area contributed by atoms with Crippen molar-refractivity contribution < 1.29 is 14.5 Å². The lowest BCUT2D eigenvalue weighted by Crippen LogP contribution is -2.20. The normalized spacial score (nSPS) is 10.3. The summed E-state index contributed by atoms with van der Waals surface area (Å²) in [5.41, 5.74) is -0.0595. The molecule has 0 atom stereocenters. The number of hydrogen-bond donors (Lipinski definition) is 1. The van der Waals surface area contributed by atoms with Gasteiger partial charge in [-0.3, -0.25) is 14.9 Å². The molecule has 7 heteroatoms. The van der Waals surface area contributed by atoms with Gasteiger partial charge in [-0.05, 0) is 18.9 Å². The number of esters is 1. The van der Waals surface area contributed by atoms with E-state index in [9.17, 15) is 14.9 Å². The van der Waals surface area contributed by atoms with Crippen molar-refractivity contribution in [2.24, 2.45) is 5.92 Å². The maximum atomic E-state index is 11.6. The van der Waals surface area contributed by atoms with Crippen LogP contribution in [0.3, 0.4) is 0 Å². The molecule has 1 N–H and O–H groups in total. The molecule has 1 rings (SSSR count). The number of pyridine rings is 1. The Morgan fingerprint density at radius 3 is 2.65 bits per heavy atom. The Bertz CT molecular complexity index is 443. The lowest BCUT2D eigenvalue weighted by Gasteiger charge is -2.12. The van der Waals surface area contributed by atoms with Gasteiger partial charge in [0.05, 0.1) is 17.4 Å². The van der Waals surface area contributed by atoms with Gasteiger partial charge in [0.25, 0.3) is 5.69 Å². The topological polar surface area (TPSA) is 94.4 Å². The molecule has 0 saturated carbocycles. The lowest BCUT2D eigenvalue weighted by atomic mass is 10.0. The fourth-order valence-electron chi connectivity index (χ4n) is 1.67. The minimum Gasteiger partial charge on any atom is -0.464 e. The molecule has 0 fully saturated rings. The molecule has 0 aromatic carbocycles. The molecule has 0 bridgehead atoms. The number of nitrogens with one attached hydrogen (secondary N) is 1. The van der Waals surface area contributed by atoms with Gasteiger partial charge >= 0.3 is 5.97 Å². The lowest BCUT2D eigenvalue weighted by molar-refractivity contribution is -0.385. The summed E-state index contributed by atoms with van der Waals surface area (Å²) >= 11 is 0. The summed E-state index contributed by atoms with van der Waals surface area (Å²) < 4.78 is 5.13. The Balaban J connectivity index is 2.30. The minimum atomic E-state index is -0.506. The number of nitrogens with zero attached hydrogens (tertiary/aromatic N) is 2. The van der Waals surface area contributed by atoms with Gasteiger partial charge in [-0.2, -0.15) is 0 Å². The van der Waals surface area contributed by atoms with Gasteiger partial charge in [-0.25, -0.2) is 4.98 Å². The molecular weight excluding hydrogens is 262 g/mol. The van der Waals surface area contributed by atoms with E-state index in [-0.39, 0.29) is 24.2 Å². The maximum absolute atomic E-state index is 11.6. The van der Waals surface area contributed by atoms with Crippen molar-refractivity contribution in [3.63, 3.8) is 0 Å². The zero-order chi connectivity index (χ0) is 15.0. The Labute approximate surface area is 117 Å². The van der Waals surface area contributed by atoms with Crippen LogP contribution in [0, 0.1) is 16.0 Å². The average molecular weight is 281 g/mol. The van der Waals surface area contributed by atoms with Gasteiger partial charge in [0.15, 0.2) is 0 Å². The van der Waals surface area contributed by atoms with E-state index in [1.165, 1.54) is 18.3 Å². The molecule has 0 radical (unpaired) electrons. The fourth-order valence-corrected chi connectivity index (χ4v) is 1.67. The first-order valence-corrected chi connectivity index (χ1v) is 6.59. The number of carbonyl (C=O) groups is 1. The summed E-state index contributed by atoms with van der Waals surface area (Å²) in [6.45, 7) is 4.56. The summed E-state index contributed by atoms with van der Waals surface area (Å²) in [7, 11) is 0. The van der Waals surface area contributed by atoms with Crippen molar-refractivity contribution in [3.8, 4) is 0 Å². The summed E-state index contributed by atoms with van der Waals surface area (Å²) in [6.07, 6.45) is 2.72. The van der Waals surface area contributed by atoms with Gasteiger partial charge in [0.2, 0.25) is 0 Å². The molecular formula is C13H19N3O4. The SMILES string of the molecule is CCC(CC)C(=O)OCCNc1ccc([N+](=O)[O-])cn1. The summed E-state index contributed by atoms with van der Waals surface area (Å²) in [5, 5.41) is 13.4. The smallest absolute Gasteiger partial charge is 0.308 e. The van der Waals surface area contributed by atoms with Crippen LogP contribution >= 0.6 is 0 Å². The van der Waals surface area contributed by atoms with Gasteiger partial charge in [0, 0.05) is 6.07 Å². The quantitative estimate of drug-likeness (QED) is 0.340. The second-order valence-corrected chi connectivity index (χ2v) is 4.27. The van der Waals surface area contributed by atoms with Crippen LogP contribution in [-0.4, -0.2) is 29.0 Å². The Morgan fingerprint density at radius 1 is 1.45 bits per heavy atom. The zero-order valence-electron chi connectivity index (χ0n) is 11.7. The predicted octanol–water partition coefficient (Wildman–Crippen LogP) is 2.38. The standard InChI is InChI=1S/C13H19N3O4/c1-3-10(4-2)13(17)20-8-7-14-12-6-5-11(9-15-12)16(18)19/h5-6,9-10H,3-4,7-8H2,1-2H3,(H,14,15). The van der Waals surface area contributed by atoms with Crippen molar-refractivity contribution >= 4 is 17.5 Å². The first-order chi connectivity index (χ1) is 9.58. The van der Waals surface area contributed by atoms with Crippen molar-refractivity contribution in [2.45, 2.75) is 26.7 Å².